The highest BCUT2D eigenvalue weighted by Crippen LogP contribution is 2.28. The number of hydrazone groups is 1. The van der Waals surface area contributed by atoms with Gasteiger partial charge in [0, 0.05) is 23.8 Å². The second-order valence-corrected chi connectivity index (χ2v) is 8.81. The number of rotatable bonds is 7. The zero-order valence-electron chi connectivity index (χ0n) is 19.6. The number of nitrogens with one attached hydrogen (secondary N) is 2. The Morgan fingerprint density at radius 1 is 1.26 bits per heavy atom. The van der Waals surface area contributed by atoms with Crippen molar-refractivity contribution in [2.24, 2.45) is 5.10 Å². The van der Waals surface area contributed by atoms with Gasteiger partial charge in [-0.3, -0.25) is 10.2 Å². The second kappa shape index (κ2) is 12.0. The minimum absolute atomic E-state index is 0.00650. The number of hydrogen-bond donors (Lipinski definition) is 2. The van der Waals surface area contributed by atoms with Crippen molar-refractivity contribution in [3.05, 3.63) is 52.5 Å². The summed E-state index contributed by atoms with van der Waals surface area (Å²) in [6.45, 7) is 6.85. The first-order valence-electron chi connectivity index (χ1n) is 10.9. The Morgan fingerprint density at radius 2 is 2.00 bits per heavy atom. The smallest absolute Gasteiger partial charge is 0.260 e. The molecule has 1 fully saturated rings. The molecule has 0 radical (unpaired) electrons. The number of benzene rings is 2. The molecule has 2 N–H and O–H groups in total. The van der Waals surface area contributed by atoms with Crippen molar-refractivity contribution in [2.75, 3.05) is 32.1 Å². The van der Waals surface area contributed by atoms with E-state index >= 15 is 0 Å². The Labute approximate surface area is 210 Å². The van der Waals surface area contributed by atoms with Crippen LogP contribution in [0.15, 0.2) is 41.5 Å². The Hall–Kier alpha value is -2.88. The SMILES string of the molecule is COc1cc(/C=N\NC(=S)Nc2cccc(Cl)c2C)ccc1OCC(=O)N1C[C@@H](C)O[C@@H](C)C1. The fraction of sp³-hybridized carbons (Fsp3) is 0.375. The van der Waals surface area contributed by atoms with Crippen molar-refractivity contribution in [2.45, 2.75) is 33.0 Å². The topological polar surface area (TPSA) is 84.4 Å². The molecule has 2 aromatic rings. The molecule has 0 spiro atoms. The molecule has 1 heterocycles. The molecule has 182 valence electrons. The molecule has 0 aromatic heterocycles. The molecule has 1 aliphatic rings. The molecular weight excluding hydrogens is 476 g/mol. The van der Waals surface area contributed by atoms with E-state index in [0.29, 0.717) is 34.7 Å². The van der Waals surface area contributed by atoms with Gasteiger partial charge in [-0.25, -0.2) is 0 Å². The molecule has 8 nitrogen and oxygen atoms in total. The van der Waals surface area contributed by atoms with Gasteiger partial charge < -0.3 is 24.4 Å². The number of amides is 1. The van der Waals surface area contributed by atoms with E-state index in [1.807, 2.05) is 45.0 Å². The van der Waals surface area contributed by atoms with Gasteiger partial charge in [-0.05, 0) is 74.4 Å². The summed E-state index contributed by atoms with van der Waals surface area (Å²) in [6, 6.07) is 10.9. The van der Waals surface area contributed by atoms with E-state index in [-0.39, 0.29) is 24.7 Å². The fourth-order valence-electron chi connectivity index (χ4n) is 3.55. The molecule has 10 heteroatoms. The van der Waals surface area contributed by atoms with Crippen molar-refractivity contribution in [1.82, 2.24) is 10.3 Å². The van der Waals surface area contributed by atoms with Crippen molar-refractivity contribution in [3.8, 4) is 11.5 Å². The number of ether oxygens (including phenoxy) is 3. The van der Waals surface area contributed by atoms with Gasteiger partial charge in [0.15, 0.2) is 23.2 Å². The number of carbonyl (C=O) groups is 1. The molecule has 0 unspecified atom stereocenters. The van der Waals surface area contributed by atoms with E-state index in [1.54, 1.807) is 30.4 Å². The quantitative estimate of drug-likeness (QED) is 0.335. The predicted octanol–water partition coefficient (Wildman–Crippen LogP) is 3.99. The van der Waals surface area contributed by atoms with Crippen LogP contribution in [-0.4, -0.2) is 61.1 Å². The predicted molar refractivity (Wildman–Crippen MR) is 138 cm³/mol. The van der Waals surface area contributed by atoms with Crippen molar-refractivity contribution >= 4 is 46.7 Å². The summed E-state index contributed by atoms with van der Waals surface area (Å²) in [5.74, 6) is 0.884. The third-order valence-electron chi connectivity index (χ3n) is 5.21. The number of halogens is 1. The van der Waals surface area contributed by atoms with Gasteiger partial charge in [-0.2, -0.15) is 5.10 Å². The maximum Gasteiger partial charge on any atom is 0.260 e. The second-order valence-electron chi connectivity index (χ2n) is 7.99. The summed E-state index contributed by atoms with van der Waals surface area (Å²) in [6.07, 6.45) is 1.62. The number of thiocarbonyl (C=S) groups is 1. The monoisotopic (exact) mass is 504 g/mol. The van der Waals surface area contributed by atoms with Crippen LogP contribution >= 0.6 is 23.8 Å². The van der Waals surface area contributed by atoms with E-state index in [1.165, 1.54) is 0 Å². The molecule has 0 saturated carbocycles. The molecule has 2 atom stereocenters. The highest BCUT2D eigenvalue weighted by molar-refractivity contribution is 7.80. The number of hydrogen-bond acceptors (Lipinski definition) is 6. The summed E-state index contributed by atoms with van der Waals surface area (Å²) in [5.41, 5.74) is 5.24. The van der Waals surface area contributed by atoms with Crippen LogP contribution in [-0.2, 0) is 9.53 Å². The van der Waals surface area contributed by atoms with Crippen LogP contribution in [0.5, 0.6) is 11.5 Å². The first kappa shape index (κ1) is 25.7. The number of nitrogens with zero attached hydrogens (tertiary/aromatic N) is 2. The summed E-state index contributed by atoms with van der Waals surface area (Å²) in [4.78, 5) is 14.3. The first-order chi connectivity index (χ1) is 16.3. The molecule has 1 saturated heterocycles. The van der Waals surface area contributed by atoms with Crippen LogP contribution in [0.2, 0.25) is 5.02 Å². The normalized spacial score (nSPS) is 18.0. The lowest BCUT2D eigenvalue weighted by atomic mass is 10.2. The van der Waals surface area contributed by atoms with Gasteiger partial charge in [0.2, 0.25) is 0 Å². The minimum atomic E-state index is -0.0881. The molecular formula is C24H29ClN4O4S. The van der Waals surface area contributed by atoms with Crippen LogP contribution in [0, 0.1) is 6.92 Å². The van der Waals surface area contributed by atoms with Crippen LogP contribution < -0.4 is 20.2 Å². The molecule has 1 aliphatic heterocycles. The van der Waals surface area contributed by atoms with Gasteiger partial charge in [-0.15, -0.1) is 0 Å². The maximum absolute atomic E-state index is 12.6. The van der Waals surface area contributed by atoms with Crippen LogP contribution in [0.25, 0.3) is 0 Å². The number of morpholine rings is 1. The zero-order valence-corrected chi connectivity index (χ0v) is 21.2. The third-order valence-corrected chi connectivity index (χ3v) is 5.81. The molecule has 0 bridgehead atoms. The first-order valence-corrected chi connectivity index (χ1v) is 11.6. The van der Waals surface area contributed by atoms with E-state index in [2.05, 4.69) is 15.8 Å². The lowest BCUT2D eigenvalue weighted by molar-refractivity contribution is -0.145. The lowest BCUT2D eigenvalue weighted by Gasteiger charge is -2.35. The largest absolute Gasteiger partial charge is 0.493 e. The minimum Gasteiger partial charge on any atom is -0.493 e. The Kier molecular flexibility index (Phi) is 9.09. The summed E-state index contributed by atoms with van der Waals surface area (Å²) in [7, 11) is 1.54. The van der Waals surface area contributed by atoms with E-state index in [4.69, 9.17) is 38.0 Å². The molecule has 0 aliphatic carbocycles. The highest BCUT2D eigenvalue weighted by atomic mass is 35.5. The highest BCUT2D eigenvalue weighted by Gasteiger charge is 2.26. The van der Waals surface area contributed by atoms with E-state index in [9.17, 15) is 4.79 Å². The van der Waals surface area contributed by atoms with E-state index < -0.39 is 0 Å². The van der Waals surface area contributed by atoms with Gasteiger partial charge in [0.25, 0.3) is 5.91 Å². The number of carbonyl (C=O) groups excluding carboxylic acids is 1. The van der Waals surface area contributed by atoms with Crippen LogP contribution in [0.4, 0.5) is 5.69 Å². The third kappa shape index (κ3) is 7.06. The summed E-state index contributed by atoms with van der Waals surface area (Å²) in [5, 5.41) is 8.21. The Morgan fingerprint density at radius 3 is 2.71 bits per heavy atom. The maximum atomic E-state index is 12.6. The Bertz CT molecular complexity index is 1060. The van der Waals surface area contributed by atoms with Crippen LogP contribution in [0.1, 0.15) is 25.0 Å². The molecule has 2 aromatic carbocycles. The van der Waals surface area contributed by atoms with Crippen molar-refractivity contribution < 1.29 is 19.0 Å². The number of anilines is 1. The molecule has 1 amide bonds. The molecule has 34 heavy (non-hydrogen) atoms. The molecule has 3 rings (SSSR count). The Balaban J connectivity index is 1.54. The van der Waals surface area contributed by atoms with Gasteiger partial charge in [0.1, 0.15) is 0 Å². The van der Waals surface area contributed by atoms with Gasteiger partial charge >= 0.3 is 0 Å². The standard InChI is InChI=1S/C24H29ClN4O4S/c1-15-12-29(13-16(2)33-15)23(30)14-32-21-9-8-18(10-22(21)31-4)11-26-28-24(34)27-20-7-5-6-19(25)17(20)3/h5-11,15-16H,12-14H2,1-4H3,(H2,27,28,34)/b26-11-/t15-,16+. The fourth-order valence-corrected chi connectivity index (χ4v) is 3.89. The average molecular weight is 505 g/mol. The lowest BCUT2D eigenvalue weighted by Crippen LogP contribution is -2.49. The summed E-state index contributed by atoms with van der Waals surface area (Å²) >= 11 is 11.4. The number of methoxy groups -OCH3 is 1. The van der Waals surface area contributed by atoms with Gasteiger partial charge in [-0.1, -0.05) is 17.7 Å². The zero-order chi connectivity index (χ0) is 24.7. The summed E-state index contributed by atoms with van der Waals surface area (Å²) < 4.78 is 16.8. The van der Waals surface area contributed by atoms with E-state index in [0.717, 1.165) is 16.8 Å². The van der Waals surface area contributed by atoms with Crippen molar-refractivity contribution in [1.29, 1.82) is 0 Å². The van der Waals surface area contributed by atoms with Crippen molar-refractivity contribution in [3.63, 3.8) is 0 Å². The average Bonchev–Trinajstić information content (AvgIpc) is 2.80. The van der Waals surface area contributed by atoms with Gasteiger partial charge in [0.05, 0.1) is 25.5 Å². The van der Waals surface area contributed by atoms with Crippen LogP contribution in [0.3, 0.4) is 0 Å².